The molecule has 7 atom stereocenters. The maximum absolute atomic E-state index is 13.3. The summed E-state index contributed by atoms with van der Waals surface area (Å²) in [5, 5.41) is 0.279. The molecule has 0 unspecified atom stereocenters. The molecular weight excluding hydrogens is 1770 g/mol. The molecule has 21 rings (SSSR count). The van der Waals surface area contributed by atoms with Crippen LogP contribution in [0, 0.1) is 41.4 Å². The molecule has 21 heterocycles. The zero-order valence-electron chi connectivity index (χ0n) is 85.3. The van der Waals surface area contributed by atoms with Crippen molar-refractivity contribution in [2.24, 2.45) is 41.4 Å². The number of amides is 13. The van der Waals surface area contributed by atoms with Gasteiger partial charge in [0.2, 0.25) is 0 Å². The first-order valence-corrected chi connectivity index (χ1v) is 55.6. The van der Waals surface area contributed by atoms with Crippen LogP contribution in [0.5, 0.6) is 0 Å². The molecule has 137 heavy (non-hydrogen) atoms. The number of fused-ring (bicyclic) bond motifs is 1. The van der Waals surface area contributed by atoms with E-state index < -0.39 is 31.5 Å². The lowest BCUT2D eigenvalue weighted by molar-refractivity contribution is -0.114. The van der Waals surface area contributed by atoms with Crippen LogP contribution in [0.1, 0.15) is 217 Å². The van der Waals surface area contributed by atoms with Crippen LogP contribution in [0.2, 0.25) is 0 Å². The van der Waals surface area contributed by atoms with Crippen molar-refractivity contribution >= 4 is 53.2 Å². The Morgan fingerprint density at radius 2 is 0.555 bits per heavy atom. The molecule has 20 aliphatic rings. The first kappa shape index (κ1) is 105. The quantitative estimate of drug-likeness (QED) is 0.233. The van der Waals surface area contributed by atoms with E-state index in [2.05, 4.69) is 124 Å². The molecule has 19 fully saturated rings. The van der Waals surface area contributed by atoms with Crippen molar-refractivity contribution < 1.29 is 55.9 Å². The van der Waals surface area contributed by atoms with Crippen molar-refractivity contribution in [1.82, 2.24) is 103 Å². The SMILES string of the molecule is CN1CCC([C@@H]2CCCN2C(=O)N2CC(F)(F)C2)CC1.CN1CCC([C@@H]2CCCN2C(=O)N2CCC(F)(F)C2)CC1.CN1CCC([C@@H]2CCCN2C(=O)N2CCC2)CC1.CN1CCC([C@@H]2CCCN2C(=O)N2CCCC2)CC1.CN1CCC([C@@H]2CCCN2C(=O)N2CCOCC2)CC1.CN1CCC([C@@H]2CCCN2C(=O)N2Cc3cccnc3C2)CC1.CSC(=O)N1CCC[C@H]1C1CCN(C)CC1. The number of pyridine rings is 1. The predicted octanol–water partition coefficient (Wildman–Crippen LogP) is 13.6. The minimum Gasteiger partial charge on any atom is -0.378 e. The van der Waals surface area contributed by atoms with Crippen molar-refractivity contribution in [3.63, 3.8) is 0 Å². The number of carbonyl (C=O) groups is 7. The monoisotopic (exact) mass is 1940 g/mol. The summed E-state index contributed by atoms with van der Waals surface area (Å²) in [6.45, 7) is 29.7. The minimum absolute atomic E-state index is 0.159. The van der Waals surface area contributed by atoms with Gasteiger partial charge in [0.05, 0.1) is 45.1 Å². The van der Waals surface area contributed by atoms with Crippen LogP contribution in [0.3, 0.4) is 0 Å². The Balaban J connectivity index is 0.000000122. The molecular formula is C103H175F4N21O8S. The number of nitrogens with zero attached hydrogens (tertiary/aromatic N) is 21. The summed E-state index contributed by atoms with van der Waals surface area (Å²) in [7, 11) is 15.2. The van der Waals surface area contributed by atoms with Gasteiger partial charge in [-0.05, 0) is 399 Å². The molecule has 0 aromatic carbocycles. The average Bonchev–Trinajstić information content (AvgIpc) is 1.70. The first-order chi connectivity index (χ1) is 66.1. The van der Waals surface area contributed by atoms with Gasteiger partial charge in [-0.3, -0.25) is 9.78 Å². The molecule has 13 amide bonds. The fraction of sp³-hybridized carbons (Fsp3) is 0.883. The van der Waals surface area contributed by atoms with Gasteiger partial charge in [0.25, 0.3) is 17.1 Å². The van der Waals surface area contributed by atoms with E-state index >= 15 is 0 Å². The summed E-state index contributed by atoms with van der Waals surface area (Å²) in [6.07, 6.45) is 40.2. The molecule has 1 aromatic heterocycles. The third-order valence-electron chi connectivity index (χ3n) is 35.4. The van der Waals surface area contributed by atoms with Crippen molar-refractivity contribution in [2.45, 2.75) is 273 Å². The van der Waals surface area contributed by atoms with Gasteiger partial charge in [0.1, 0.15) is 0 Å². The summed E-state index contributed by atoms with van der Waals surface area (Å²) in [6, 6.07) is 7.93. The van der Waals surface area contributed by atoms with Gasteiger partial charge in [-0.25, -0.2) is 46.3 Å². The number of ether oxygens (including phenoxy) is 1. The molecule has 29 nitrogen and oxygen atoms in total. The number of hydrogen-bond acceptors (Lipinski definition) is 17. The number of piperidine rings is 7. The zero-order valence-corrected chi connectivity index (χ0v) is 86.1. The summed E-state index contributed by atoms with van der Waals surface area (Å²) < 4.78 is 57.8. The Labute approximate surface area is 823 Å². The van der Waals surface area contributed by atoms with Crippen LogP contribution in [0.25, 0.3) is 0 Å². The lowest BCUT2D eigenvalue weighted by Gasteiger charge is -2.43. The molecule has 19 saturated heterocycles. The fourth-order valence-electron chi connectivity index (χ4n) is 26.8. The van der Waals surface area contributed by atoms with E-state index in [-0.39, 0.29) is 54.4 Å². The number of likely N-dealkylation sites (tertiary alicyclic amines) is 18. The maximum atomic E-state index is 13.3. The number of rotatable bonds is 7. The second-order valence-corrected chi connectivity index (χ2v) is 45.6. The second kappa shape index (κ2) is 50.0. The van der Waals surface area contributed by atoms with Crippen LogP contribution < -0.4 is 0 Å². The largest absolute Gasteiger partial charge is 0.378 e. The number of halogens is 4. The molecule has 0 N–H and O–H groups in total. The highest BCUT2D eigenvalue weighted by atomic mass is 32.2. The van der Waals surface area contributed by atoms with Crippen LogP contribution in [-0.4, -0.2) is 470 Å². The lowest BCUT2D eigenvalue weighted by atomic mass is 9.88. The standard InChI is InChI=1S/C18H26N4O.C15H25F2N3O.C15H27N3O2.C15H27N3O.C14H23F2N3O.C14H25N3O.C12H22N2OS/c1-20-10-6-14(7-11-20)17-5-3-9-22(17)18(23)21-12-15-4-2-8-19-16(15)13-21;1-18-8-4-12(5-9-18)13-3-2-7-20(13)14(21)19-10-6-15(16,17)11-19;1-16-7-4-13(5-8-16)14-3-2-6-18(14)15(19)17-9-11-20-12-10-17;1-16-11-6-13(7-12-16)14-5-4-10-18(14)15(19)17-8-2-3-9-17;1-17-7-4-11(5-8-17)12-3-2-6-19(12)13(20)18-9-14(15,16)10-18;1-15-10-5-12(6-11-15)13-4-2-9-17(13)14(18)16-7-3-8-16;1-13-8-5-10(6-9-13)11-4-3-7-14(11)12(15)16-2/h2,4,8,14,17H,3,5-7,9-13H2,1H3;12-13H,2-11H2,1H3;13-14H,2-12H2,1H3;13-14H,2-12H2,1H3;11-12H,2-10H2,1H3;12-13H,2-11H2,1H3;10-11H,3-9H2,1-2H3/t17-;13-;2*14-;12-;13-;11-/m0000000/s1. The highest BCUT2D eigenvalue weighted by Gasteiger charge is 2.52. The van der Waals surface area contributed by atoms with Crippen LogP contribution in [-0.2, 0) is 17.8 Å². The van der Waals surface area contributed by atoms with Crippen molar-refractivity contribution in [1.29, 1.82) is 0 Å². The molecule has 0 saturated carbocycles. The number of carbonyl (C=O) groups excluding carboxylic acids is 7. The minimum atomic E-state index is -2.70. The van der Waals surface area contributed by atoms with Crippen LogP contribution >= 0.6 is 11.8 Å². The summed E-state index contributed by atoms with van der Waals surface area (Å²) >= 11 is 1.37. The van der Waals surface area contributed by atoms with Crippen molar-refractivity contribution in [3.05, 3.63) is 29.6 Å². The van der Waals surface area contributed by atoms with Gasteiger partial charge in [0, 0.05) is 153 Å². The van der Waals surface area contributed by atoms with Crippen LogP contribution in [0.4, 0.5) is 51.1 Å². The Morgan fingerprint density at radius 3 is 0.825 bits per heavy atom. The van der Waals surface area contributed by atoms with Gasteiger partial charge >= 0.3 is 36.2 Å². The lowest BCUT2D eigenvalue weighted by Crippen LogP contribution is -2.62. The third-order valence-corrected chi connectivity index (χ3v) is 36.0. The molecule has 20 aliphatic heterocycles. The molecule has 0 bridgehead atoms. The van der Waals surface area contributed by atoms with Crippen LogP contribution in [0.15, 0.2) is 18.3 Å². The van der Waals surface area contributed by atoms with E-state index in [0.717, 1.165) is 199 Å². The summed E-state index contributed by atoms with van der Waals surface area (Å²) in [5.74, 6) is -0.666. The molecule has 0 radical (unpaired) electrons. The summed E-state index contributed by atoms with van der Waals surface area (Å²) in [5.41, 5.74) is 2.27. The summed E-state index contributed by atoms with van der Waals surface area (Å²) in [4.78, 5) is 134. The smallest absolute Gasteiger partial charge is 0.320 e. The number of aromatic nitrogens is 1. The topological polar surface area (TPSA) is 206 Å². The molecule has 0 spiro atoms. The number of hydrogen-bond donors (Lipinski definition) is 0. The Morgan fingerprint density at radius 1 is 0.292 bits per heavy atom. The maximum Gasteiger partial charge on any atom is 0.320 e. The van der Waals surface area contributed by atoms with E-state index in [9.17, 15) is 51.1 Å². The fourth-order valence-corrected chi connectivity index (χ4v) is 27.2. The Hall–Kier alpha value is -6.01. The van der Waals surface area contributed by atoms with E-state index in [0.29, 0.717) is 85.7 Å². The van der Waals surface area contributed by atoms with E-state index in [1.807, 2.05) is 43.0 Å². The highest BCUT2D eigenvalue weighted by molar-refractivity contribution is 8.12. The molecule has 0 aliphatic carbocycles. The van der Waals surface area contributed by atoms with Gasteiger partial charge in [-0.15, -0.1) is 0 Å². The van der Waals surface area contributed by atoms with E-state index in [1.54, 1.807) is 0 Å². The molecule has 34 heteroatoms. The Kier molecular flexibility index (Phi) is 38.4. The van der Waals surface area contributed by atoms with Crippen molar-refractivity contribution in [3.8, 4) is 0 Å². The predicted molar refractivity (Wildman–Crippen MR) is 531 cm³/mol. The van der Waals surface area contributed by atoms with Gasteiger partial charge in [0.15, 0.2) is 0 Å². The second-order valence-electron chi connectivity index (χ2n) is 44.8. The van der Waals surface area contributed by atoms with E-state index in [1.165, 1.54) is 234 Å². The van der Waals surface area contributed by atoms with Gasteiger partial charge in [-0.2, -0.15) is 0 Å². The third kappa shape index (κ3) is 27.8. The van der Waals surface area contributed by atoms with Crippen molar-refractivity contribution in [2.75, 3.05) is 272 Å². The Bertz CT molecular complexity index is 3920. The van der Waals surface area contributed by atoms with E-state index in [4.69, 9.17) is 4.74 Å². The van der Waals surface area contributed by atoms with Gasteiger partial charge < -0.3 is 103 Å². The highest BCUT2D eigenvalue weighted by Crippen LogP contribution is 2.42. The number of thioether (sulfide) groups is 1. The molecule has 774 valence electrons. The zero-order chi connectivity index (χ0) is 96.4. The number of alkyl halides is 4. The van der Waals surface area contributed by atoms with Gasteiger partial charge in [-0.1, -0.05) is 17.8 Å². The number of morpholine rings is 1. The first-order valence-electron chi connectivity index (χ1n) is 54.4. The normalized spacial score (nSPS) is 29.6. The number of urea groups is 6. The molecule has 1 aromatic rings. The average molecular weight is 1940 g/mol.